The Bertz CT molecular complexity index is 506. The van der Waals surface area contributed by atoms with Gasteiger partial charge >= 0.3 is 0 Å². The highest BCUT2D eigenvalue weighted by Crippen LogP contribution is 2.12. The largest absolute Gasteiger partial charge is 0.497 e. The maximum atomic E-state index is 9.25. The predicted molar refractivity (Wildman–Crippen MR) is 127 cm³/mol. The summed E-state index contributed by atoms with van der Waals surface area (Å²) >= 11 is 0. The molecule has 0 saturated carbocycles. The number of rotatable bonds is 14. The third-order valence-corrected chi connectivity index (χ3v) is 4.33. The Kier molecular flexibility index (Phi) is 17.3. The number of nitrogens with one attached hydrogen (secondary N) is 2. The summed E-state index contributed by atoms with van der Waals surface area (Å²) in [5.41, 5.74) is 1.13. The minimum Gasteiger partial charge on any atom is -0.497 e. The van der Waals surface area contributed by atoms with E-state index in [4.69, 9.17) is 14.5 Å². The summed E-state index contributed by atoms with van der Waals surface area (Å²) in [5, 5.41) is 16.1. The first-order chi connectivity index (χ1) is 13.2. The quantitative estimate of drug-likeness (QED) is 0.155. The standard InChI is InChI=1S/C21H37N3O3.HI/c1-4-7-18(12-14-25)16-23-21(22-13-6-15-27-5-2)24-17-19-8-10-20(26-3)11-9-19;/h8-11,18,25H,4-7,12-17H2,1-3H3,(H2,22,23,24);1H. The number of benzene rings is 1. The summed E-state index contributed by atoms with van der Waals surface area (Å²) in [6.45, 7) is 8.13. The van der Waals surface area contributed by atoms with Crippen LogP contribution in [0.3, 0.4) is 0 Å². The molecule has 1 aromatic rings. The van der Waals surface area contributed by atoms with E-state index in [1.807, 2.05) is 31.2 Å². The molecule has 0 aliphatic rings. The predicted octanol–water partition coefficient (Wildman–Crippen LogP) is 3.57. The second kappa shape index (κ2) is 18.0. The minimum absolute atomic E-state index is 0. The van der Waals surface area contributed by atoms with Crippen molar-refractivity contribution >= 4 is 29.9 Å². The highest BCUT2D eigenvalue weighted by atomic mass is 127. The van der Waals surface area contributed by atoms with E-state index in [9.17, 15) is 5.11 Å². The van der Waals surface area contributed by atoms with Gasteiger partial charge in [-0.1, -0.05) is 25.5 Å². The number of halogens is 1. The highest BCUT2D eigenvalue weighted by molar-refractivity contribution is 14.0. The maximum Gasteiger partial charge on any atom is 0.191 e. The summed E-state index contributed by atoms with van der Waals surface area (Å²) < 4.78 is 10.6. The Morgan fingerprint density at radius 2 is 1.89 bits per heavy atom. The number of ether oxygens (including phenoxy) is 2. The lowest BCUT2D eigenvalue weighted by atomic mass is 10.0. The fraction of sp³-hybridized carbons (Fsp3) is 0.667. The van der Waals surface area contributed by atoms with Crippen molar-refractivity contribution in [2.75, 3.05) is 40.0 Å². The van der Waals surface area contributed by atoms with Gasteiger partial charge in [0.05, 0.1) is 13.7 Å². The molecule has 0 bridgehead atoms. The number of guanidine groups is 1. The molecule has 1 atom stereocenters. The van der Waals surface area contributed by atoms with Crippen LogP contribution in [0.25, 0.3) is 0 Å². The molecule has 0 aromatic heterocycles. The van der Waals surface area contributed by atoms with Gasteiger partial charge in [-0.2, -0.15) is 0 Å². The van der Waals surface area contributed by atoms with Gasteiger partial charge in [0.25, 0.3) is 0 Å². The first-order valence-electron chi connectivity index (χ1n) is 10.1. The van der Waals surface area contributed by atoms with Crippen molar-refractivity contribution in [1.82, 2.24) is 10.6 Å². The number of aliphatic hydroxyl groups excluding tert-OH is 1. The molecule has 1 aromatic carbocycles. The lowest BCUT2D eigenvalue weighted by molar-refractivity contribution is 0.145. The molecular formula is C21H38IN3O3. The van der Waals surface area contributed by atoms with E-state index in [0.29, 0.717) is 12.5 Å². The van der Waals surface area contributed by atoms with Crippen LogP contribution in [0.1, 0.15) is 45.1 Å². The van der Waals surface area contributed by atoms with Crippen molar-refractivity contribution in [1.29, 1.82) is 0 Å². The zero-order valence-corrected chi connectivity index (χ0v) is 19.9. The Labute approximate surface area is 187 Å². The van der Waals surface area contributed by atoms with Crippen molar-refractivity contribution in [3.63, 3.8) is 0 Å². The molecule has 0 radical (unpaired) electrons. The number of hydrogen-bond donors (Lipinski definition) is 3. The maximum absolute atomic E-state index is 9.25. The lowest BCUT2D eigenvalue weighted by Crippen LogP contribution is -2.40. The van der Waals surface area contributed by atoms with Gasteiger partial charge in [0, 0.05) is 32.9 Å². The van der Waals surface area contributed by atoms with Gasteiger partial charge in [-0.05, 0) is 49.8 Å². The van der Waals surface area contributed by atoms with E-state index in [0.717, 1.165) is 69.3 Å². The Balaban J connectivity index is 0.00000729. The summed E-state index contributed by atoms with van der Waals surface area (Å²) in [7, 11) is 1.67. The lowest BCUT2D eigenvalue weighted by Gasteiger charge is -2.18. The topological polar surface area (TPSA) is 75.1 Å². The average Bonchev–Trinajstić information content (AvgIpc) is 2.69. The summed E-state index contributed by atoms with van der Waals surface area (Å²) in [5.74, 6) is 2.11. The molecule has 0 fully saturated rings. The number of methoxy groups -OCH3 is 1. The van der Waals surface area contributed by atoms with E-state index in [1.54, 1.807) is 7.11 Å². The normalized spacial score (nSPS) is 12.2. The zero-order valence-electron chi connectivity index (χ0n) is 17.6. The molecular weight excluding hydrogens is 469 g/mol. The third-order valence-electron chi connectivity index (χ3n) is 4.33. The smallest absolute Gasteiger partial charge is 0.191 e. The van der Waals surface area contributed by atoms with Crippen LogP contribution in [0, 0.1) is 5.92 Å². The second-order valence-corrected chi connectivity index (χ2v) is 6.54. The minimum atomic E-state index is 0. The van der Waals surface area contributed by atoms with Gasteiger partial charge in [0.1, 0.15) is 5.75 Å². The Hall–Kier alpha value is -1.06. The van der Waals surface area contributed by atoms with Crippen molar-refractivity contribution in [2.45, 2.75) is 46.1 Å². The molecule has 7 heteroatoms. The number of aliphatic imine (C=N–C) groups is 1. The fourth-order valence-electron chi connectivity index (χ4n) is 2.78. The van der Waals surface area contributed by atoms with E-state index >= 15 is 0 Å². The molecule has 28 heavy (non-hydrogen) atoms. The average molecular weight is 507 g/mol. The Morgan fingerprint density at radius 1 is 1.14 bits per heavy atom. The molecule has 0 heterocycles. The summed E-state index contributed by atoms with van der Waals surface area (Å²) in [4.78, 5) is 4.71. The summed E-state index contributed by atoms with van der Waals surface area (Å²) in [6, 6.07) is 7.96. The van der Waals surface area contributed by atoms with Gasteiger partial charge < -0.3 is 25.2 Å². The van der Waals surface area contributed by atoms with Crippen LogP contribution in [0.2, 0.25) is 0 Å². The van der Waals surface area contributed by atoms with Gasteiger partial charge in [-0.3, -0.25) is 0 Å². The number of hydrogen-bond acceptors (Lipinski definition) is 4. The van der Waals surface area contributed by atoms with Gasteiger partial charge in [0.15, 0.2) is 5.96 Å². The van der Waals surface area contributed by atoms with Crippen molar-refractivity contribution < 1.29 is 14.6 Å². The van der Waals surface area contributed by atoms with Crippen molar-refractivity contribution in [3.8, 4) is 5.75 Å². The van der Waals surface area contributed by atoms with E-state index < -0.39 is 0 Å². The SMILES string of the molecule is CCCC(CCO)CNC(=NCc1ccc(OC)cc1)NCCCOCC.I. The van der Waals surface area contributed by atoms with Crippen molar-refractivity contribution in [2.24, 2.45) is 10.9 Å². The van der Waals surface area contributed by atoms with E-state index in [-0.39, 0.29) is 30.6 Å². The van der Waals surface area contributed by atoms with Crippen LogP contribution in [0.5, 0.6) is 5.75 Å². The molecule has 0 amide bonds. The molecule has 3 N–H and O–H groups in total. The molecule has 1 unspecified atom stereocenters. The fourth-order valence-corrected chi connectivity index (χ4v) is 2.78. The van der Waals surface area contributed by atoms with Crippen LogP contribution in [-0.2, 0) is 11.3 Å². The molecule has 6 nitrogen and oxygen atoms in total. The molecule has 0 aliphatic carbocycles. The summed E-state index contributed by atoms with van der Waals surface area (Å²) in [6.07, 6.45) is 3.97. The zero-order chi connectivity index (χ0) is 19.7. The molecule has 162 valence electrons. The van der Waals surface area contributed by atoms with E-state index in [2.05, 4.69) is 17.6 Å². The molecule has 0 saturated heterocycles. The molecule has 0 aliphatic heterocycles. The first kappa shape index (κ1) is 26.9. The van der Waals surface area contributed by atoms with E-state index in [1.165, 1.54) is 0 Å². The molecule has 1 rings (SSSR count). The van der Waals surface area contributed by atoms with Crippen LogP contribution >= 0.6 is 24.0 Å². The van der Waals surface area contributed by atoms with Gasteiger partial charge in [-0.15, -0.1) is 24.0 Å². The number of aliphatic hydroxyl groups is 1. The highest BCUT2D eigenvalue weighted by Gasteiger charge is 2.08. The van der Waals surface area contributed by atoms with Gasteiger partial charge in [0.2, 0.25) is 0 Å². The Morgan fingerprint density at radius 3 is 2.50 bits per heavy atom. The van der Waals surface area contributed by atoms with Crippen LogP contribution in [0.15, 0.2) is 29.3 Å². The number of nitrogens with zero attached hydrogens (tertiary/aromatic N) is 1. The van der Waals surface area contributed by atoms with Crippen LogP contribution < -0.4 is 15.4 Å². The first-order valence-corrected chi connectivity index (χ1v) is 10.1. The molecule has 0 spiro atoms. The second-order valence-electron chi connectivity index (χ2n) is 6.54. The monoisotopic (exact) mass is 507 g/mol. The van der Waals surface area contributed by atoms with Crippen LogP contribution in [0.4, 0.5) is 0 Å². The van der Waals surface area contributed by atoms with Gasteiger partial charge in [-0.25, -0.2) is 4.99 Å². The third kappa shape index (κ3) is 12.4. The van der Waals surface area contributed by atoms with Crippen molar-refractivity contribution in [3.05, 3.63) is 29.8 Å². The van der Waals surface area contributed by atoms with Crippen LogP contribution in [-0.4, -0.2) is 51.1 Å².